The molecule has 122 valence electrons. The van der Waals surface area contributed by atoms with Crippen LogP contribution in [0.15, 0.2) is 0 Å². The van der Waals surface area contributed by atoms with Gasteiger partial charge in [-0.3, -0.25) is 0 Å². The summed E-state index contributed by atoms with van der Waals surface area (Å²) < 4.78 is 75.1. The van der Waals surface area contributed by atoms with Crippen molar-refractivity contribution >= 4 is 11.3 Å². The maximum atomic E-state index is 12.5. The fourth-order valence-electron chi connectivity index (χ4n) is 1.62. The van der Waals surface area contributed by atoms with E-state index in [1.165, 1.54) is 0 Å². The van der Waals surface area contributed by atoms with Crippen molar-refractivity contribution in [1.82, 2.24) is 15.5 Å². The van der Waals surface area contributed by atoms with Crippen molar-refractivity contribution in [2.45, 2.75) is 44.5 Å². The van der Waals surface area contributed by atoms with Gasteiger partial charge in [0.25, 0.3) is 0 Å². The second kappa shape index (κ2) is 7.39. The van der Waals surface area contributed by atoms with Crippen molar-refractivity contribution in [2.24, 2.45) is 0 Å². The molecule has 1 heterocycles. The van der Waals surface area contributed by atoms with E-state index in [0.29, 0.717) is 30.7 Å². The van der Waals surface area contributed by atoms with Crippen molar-refractivity contribution in [1.29, 1.82) is 0 Å². The largest absolute Gasteiger partial charge is 0.406 e. The van der Waals surface area contributed by atoms with Crippen LogP contribution in [-0.2, 0) is 6.42 Å². The van der Waals surface area contributed by atoms with Gasteiger partial charge in [0.05, 0.1) is 0 Å². The molecule has 0 spiro atoms. The van der Waals surface area contributed by atoms with Crippen molar-refractivity contribution < 1.29 is 26.3 Å². The Morgan fingerprint density at radius 1 is 1.05 bits per heavy atom. The summed E-state index contributed by atoms with van der Waals surface area (Å²) in [7, 11) is 0. The van der Waals surface area contributed by atoms with Gasteiger partial charge in [-0.2, -0.15) is 26.3 Å². The van der Waals surface area contributed by atoms with Crippen LogP contribution in [0.4, 0.5) is 26.3 Å². The summed E-state index contributed by atoms with van der Waals surface area (Å²) in [6, 6.07) is 0. The maximum Gasteiger partial charge on any atom is 0.406 e. The van der Waals surface area contributed by atoms with Crippen LogP contribution in [0.2, 0.25) is 0 Å². The molecule has 1 N–H and O–H groups in total. The van der Waals surface area contributed by atoms with E-state index in [0.717, 1.165) is 13.0 Å². The Balaban J connectivity index is 2.68. The number of rotatable bonds is 7. The number of hydrogen-bond acceptors (Lipinski definition) is 4. The first-order chi connectivity index (χ1) is 9.66. The van der Waals surface area contributed by atoms with Gasteiger partial charge in [-0.05, 0) is 25.9 Å². The van der Waals surface area contributed by atoms with Crippen LogP contribution < -0.4 is 5.32 Å². The summed E-state index contributed by atoms with van der Waals surface area (Å²) in [6.07, 6.45) is -9.01. The highest BCUT2D eigenvalue weighted by Gasteiger charge is 2.59. The summed E-state index contributed by atoms with van der Waals surface area (Å²) in [4.78, 5) is 0. The Labute approximate surface area is 121 Å². The fourth-order valence-corrected chi connectivity index (χ4v) is 2.65. The molecule has 0 radical (unpaired) electrons. The highest BCUT2D eigenvalue weighted by Crippen LogP contribution is 2.46. The minimum absolute atomic E-state index is 0.182. The van der Waals surface area contributed by atoms with Gasteiger partial charge in [0.1, 0.15) is 10.0 Å². The standard InChI is InChI=1S/C11H15F6N3S/c1-2-5-18-6-3-4-7-19-20-9(21-7)8(10(12,13)14)11(15,16)17/h8,18H,2-6H2,1H3. The lowest BCUT2D eigenvalue weighted by molar-refractivity contribution is -0.253. The topological polar surface area (TPSA) is 37.8 Å². The quantitative estimate of drug-likeness (QED) is 0.610. The molecule has 1 rings (SSSR count). The van der Waals surface area contributed by atoms with E-state index >= 15 is 0 Å². The molecule has 1 aromatic rings. The Kier molecular flexibility index (Phi) is 6.39. The Morgan fingerprint density at radius 3 is 2.19 bits per heavy atom. The predicted octanol–water partition coefficient (Wildman–Crippen LogP) is 3.68. The van der Waals surface area contributed by atoms with Gasteiger partial charge in [0.2, 0.25) is 5.92 Å². The van der Waals surface area contributed by atoms with Gasteiger partial charge >= 0.3 is 12.4 Å². The van der Waals surface area contributed by atoms with E-state index in [9.17, 15) is 26.3 Å². The Hall–Kier alpha value is -0.900. The normalized spacial score (nSPS) is 13.1. The number of hydrogen-bond donors (Lipinski definition) is 1. The number of aromatic nitrogens is 2. The van der Waals surface area contributed by atoms with E-state index in [-0.39, 0.29) is 5.01 Å². The first-order valence-corrected chi connectivity index (χ1v) is 7.14. The van der Waals surface area contributed by atoms with Gasteiger partial charge in [-0.1, -0.05) is 6.92 Å². The van der Waals surface area contributed by atoms with Crippen LogP contribution in [0.3, 0.4) is 0 Å². The minimum Gasteiger partial charge on any atom is -0.317 e. The molecule has 10 heteroatoms. The SMILES string of the molecule is CCCNCCCc1nnc(C(C(F)(F)F)C(F)(F)F)s1. The predicted molar refractivity (Wildman–Crippen MR) is 66.2 cm³/mol. The third kappa shape index (κ3) is 5.77. The van der Waals surface area contributed by atoms with E-state index in [1.54, 1.807) is 0 Å². The fraction of sp³-hybridized carbons (Fsp3) is 0.818. The van der Waals surface area contributed by atoms with Gasteiger partial charge in [0.15, 0.2) is 0 Å². The van der Waals surface area contributed by atoms with Crippen LogP contribution in [-0.4, -0.2) is 35.6 Å². The number of nitrogens with one attached hydrogen (secondary N) is 1. The molecule has 3 nitrogen and oxygen atoms in total. The summed E-state index contributed by atoms with van der Waals surface area (Å²) in [5, 5.41) is 8.71. The zero-order chi connectivity index (χ0) is 16.1. The molecule has 0 aliphatic rings. The lowest BCUT2D eigenvalue weighted by atomic mass is 10.1. The summed E-state index contributed by atoms with van der Waals surface area (Å²) in [6.45, 7) is 3.43. The zero-order valence-corrected chi connectivity index (χ0v) is 12.0. The highest BCUT2D eigenvalue weighted by molar-refractivity contribution is 7.11. The second-order valence-corrected chi connectivity index (χ2v) is 5.50. The van der Waals surface area contributed by atoms with Gasteiger partial charge in [-0.25, -0.2) is 0 Å². The van der Waals surface area contributed by atoms with Crippen molar-refractivity contribution in [3.8, 4) is 0 Å². The van der Waals surface area contributed by atoms with E-state index in [1.807, 2.05) is 6.92 Å². The molecule has 0 amide bonds. The molecule has 0 aliphatic carbocycles. The molecule has 0 atom stereocenters. The van der Waals surface area contributed by atoms with E-state index in [2.05, 4.69) is 15.5 Å². The third-order valence-electron chi connectivity index (χ3n) is 2.56. The molecular weight excluding hydrogens is 320 g/mol. The number of aryl methyl sites for hydroxylation is 1. The van der Waals surface area contributed by atoms with Gasteiger partial charge in [-0.15, -0.1) is 21.5 Å². The average molecular weight is 335 g/mol. The molecule has 21 heavy (non-hydrogen) atoms. The summed E-state index contributed by atoms with van der Waals surface area (Å²) >= 11 is 0.369. The summed E-state index contributed by atoms with van der Waals surface area (Å²) in [5.41, 5.74) is 0. The first-order valence-electron chi connectivity index (χ1n) is 6.32. The lowest BCUT2D eigenvalue weighted by Gasteiger charge is -2.20. The van der Waals surface area contributed by atoms with Crippen molar-refractivity contribution in [3.05, 3.63) is 10.0 Å². The van der Waals surface area contributed by atoms with Crippen LogP contribution in [0.25, 0.3) is 0 Å². The van der Waals surface area contributed by atoms with Crippen LogP contribution in [0, 0.1) is 0 Å². The van der Waals surface area contributed by atoms with Crippen LogP contribution in [0.5, 0.6) is 0 Å². The molecular formula is C11H15F6N3S. The van der Waals surface area contributed by atoms with E-state index < -0.39 is 23.3 Å². The highest BCUT2D eigenvalue weighted by atomic mass is 32.1. The second-order valence-electron chi connectivity index (χ2n) is 4.40. The maximum absolute atomic E-state index is 12.5. The average Bonchev–Trinajstić information content (AvgIpc) is 2.73. The Morgan fingerprint density at radius 2 is 1.67 bits per heavy atom. The lowest BCUT2D eigenvalue weighted by Crippen LogP contribution is -2.34. The molecule has 0 aromatic carbocycles. The molecule has 0 unspecified atom stereocenters. The van der Waals surface area contributed by atoms with E-state index in [4.69, 9.17) is 0 Å². The van der Waals surface area contributed by atoms with Crippen molar-refractivity contribution in [3.63, 3.8) is 0 Å². The molecule has 1 aromatic heterocycles. The first kappa shape index (κ1) is 18.1. The zero-order valence-electron chi connectivity index (χ0n) is 11.2. The number of halogens is 6. The molecule has 0 bridgehead atoms. The van der Waals surface area contributed by atoms with Crippen LogP contribution in [0.1, 0.15) is 35.7 Å². The minimum atomic E-state index is -5.42. The number of nitrogens with zero attached hydrogens (tertiary/aromatic N) is 2. The smallest absolute Gasteiger partial charge is 0.317 e. The molecule has 0 aliphatic heterocycles. The Bertz CT molecular complexity index is 414. The monoisotopic (exact) mass is 335 g/mol. The molecule has 0 saturated heterocycles. The van der Waals surface area contributed by atoms with Crippen LogP contribution >= 0.6 is 11.3 Å². The van der Waals surface area contributed by atoms with Gasteiger partial charge in [0, 0.05) is 6.42 Å². The molecule has 0 fully saturated rings. The van der Waals surface area contributed by atoms with Gasteiger partial charge < -0.3 is 5.32 Å². The summed E-state index contributed by atoms with van der Waals surface area (Å²) in [5.74, 6) is -3.56. The number of alkyl halides is 6. The van der Waals surface area contributed by atoms with Crippen molar-refractivity contribution in [2.75, 3.05) is 13.1 Å². The third-order valence-corrected chi connectivity index (χ3v) is 3.60. The molecule has 0 saturated carbocycles.